The van der Waals surface area contributed by atoms with Gasteiger partial charge in [0.1, 0.15) is 18.5 Å². The molecule has 0 aliphatic carbocycles. The van der Waals surface area contributed by atoms with Crippen molar-refractivity contribution in [2.45, 2.75) is 25.9 Å². The van der Waals surface area contributed by atoms with Gasteiger partial charge in [-0.3, -0.25) is 9.69 Å². The molecule has 1 aromatic rings. The maximum atomic E-state index is 12.5. The number of urea groups is 1. The Morgan fingerprint density at radius 3 is 2.50 bits per heavy atom. The van der Waals surface area contributed by atoms with E-state index >= 15 is 0 Å². The van der Waals surface area contributed by atoms with Crippen LogP contribution in [0.4, 0.5) is 4.79 Å². The summed E-state index contributed by atoms with van der Waals surface area (Å²) in [6, 6.07) is 8.71. The first-order valence-corrected chi connectivity index (χ1v) is 11.3. The maximum Gasteiger partial charge on any atom is 0.317 e. The number of likely N-dealkylation sites (tertiary alicyclic amines) is 2. The van der Waals surface area contributed by atoms with Crippen LogP contribution < -0.4 is 15.4 Å². The van der Waals surface area contributed by atoms with E-state index in [4.69, 9.17) is 10.00 Å². The molecule has 3 atom stereocenters. The fraction of sp³-hybridized carbons (Fsp3) is 0.609. The Bertz CT molecular complexity index is 796. The van der Waals surface area contributed by atoms with Crippen LogP contribution in [0, 0.1) is 23.2 Å². The molecular weight excluding hydrogens is 410 g/mol. The highest BCUT2D eigenvalue weighted by atomic mass is 16.5. The lowest BCUT2D eigenvalue weighted by Gasteiger charge is -2.46. The van der Waals surface area contributed by atoms with Gasteiger partial charge in [0.25, 0.3) is 0 Å². The van der Waals surface area contributed by atoms with Gasteiger partial charge in [-0.25, -0.2) is 4.79 Å². The summed E-state index contributed by atoms with van der Waals surface area (Å²) >= 11 is 0. The molecule has 2 bridgehead atoms. The third-order valence-corrected chi connectivity index (χ3v) is 5.81. The molecule has 3 rings (SSSR count). The van der Waals surface area contributed by atoms with E-state index in [2.05, 4.69) is 21.6 Å². The number of amides is 3. The minimum absolute atomic E-state index is 0.00221. The molecule has 0 aromatic heterocycles. The van der Waals surface area contributed by atoms with Crippen molar-refractivity contribution in [3.8, 4) is 11.8 Å². The molecule has 2 heterocycles. The van der Waals surface area contributed by atoms with E-state index in [1.54, 1.807) is 24.3 Å². The first kappa shape index (κ1) is 23.8. The minimum atomic E-state index is -0.620. The van der Waals surface area contributed by atoms with Crippen molar-refractivity contribution in [2.24, 2.45) is 11.8 Å². The van der Waals surface area contributed by atoms with Crippen LogP contribution >= 0.6 is 0 Å². The molecule has 1 aromatic carbocycles. The van der Waals surface area contributed by atoms with Crippen LogP contribution in [-0.2, 0) is 4.79 Å². The predicted octanol–water partition coefficient (Wildman–Crippen LogP) is 0.787. The molecule has 0 spiro atoms. The van der Waals surface area contributed by atoms with E-state index in [0.717, 1.165) is 25.9 Å². The van der Waals surface area contributed by atoms with Gasteiger partial charge < -0.3 is 25.4 Å². The number of piperidine rings is 2. The van der Waals surface area contributed by atoms with Crippen LogP contribution in [0.1, 0.15) is 25.3 Å². The van der Waals surface area contributed by atoms with Gasteiger partial charge in [0.2, 0.25) is 5.91 Å². The second kappa shape index (κ2) is 11.7. The fourth-order valence-electron chi connectivity index (χ4n) is 4.47. The number of β-amino-alcohol motifs (C(OH)–C–C–N with tert-alkyl or cyclic N) is 1. The highest BCUT2D eigenvalue weighted by Gasteiger charge is 2.36. The predicted molar refractivity (Wildman–Crippen MR) is 119 cm³/mol. The lowest BCUT2D eigenvalue weighted by Crippen LogP contribution is -2.57. The molecule has 9 heteroatoms. The van der Waals surface area contributed by atoms with E-state index in [-0.39, 0.29) is 25.1 Å². The van der Waals surface area contributed by atoms with Gasteiger partial charge in [-0.1, -0.05) is 6.92 Å². The van der Waals surface area contributed by atoms with Crippen LogP contribution in [0.15, 0.2) is 24.3 Å². The van der Waals surface area contributed by atoms with Gasteiger partial charge in [-0.2, -0.15) is 5.26 Å². The Morgan fingerprint density at radius 2 is 1.88 bits per heavy atom. The zero-order valence-electron chi connectivity index (χ0n) is 18.6. The molecular formula is C23H33N5O4. The smallest absolute Gasteiger partial charge is 0.317 e. The zero-order valence-corrected chi connectivity index (χ0v) is 18.6. The first-order chi connectivity index (χ1) is 15.5. The van der Waals surface area contributed by atoms with Crippen molar-refractivity contribution < 1.29 is 19.4 Å². The van der Waals surface area contributed by atoms with E-state index in [1.807, 2.05) is 11.8 Å². The fourth-order valence-corrected chi connectivity index (χ4v) is 4.47. The van der Waals surface area contributed by atoms with Crippen molar-refractivity contribution in [1.29, 1.82) is 5.26 Å². The summed E-state index contributed by atoms with van der Waals surface area (Å²) in [7, 11) is 0. The average Bonchev–Trinajstić information content (AvgIpc) is 2.79. The number of carbonyl (C=O) groups is 2. The molecule has 3 amide bonds. The number of rotatable bonds is 9. The zero-order chi connectivity index (χ0) is 22.9. The largest absolute Gasteiger partial charge is 0.491 e. The van der Waals surface area contributed by atoms with Crippen LogP contribution in [-0.4, -0.2) is 85.4 Å². The number of carbonyl (C=O) groups excluding carboxylic acids is 2. The minimum Gasteiger partial charge on any atom is -0.491 e. The molecule has 0 saturated carbocycles. The highest BCUT2D eigenvalue weighted by Crippen LogP contribution is 2.28. The average molecular weight is 444 g/mol. The number of benzene rings is 1. The van der Waals surface area contributed by atoms with Crippen LogP contribution in [0.5, 0.6) is 5.75 Å². The summed E-state index contributed by atoms with van der Waals surface area (Å²) in [6.45, 7) is 6.28. The Hall–Kier alpha value is -2.83. The Labute approximate surface area is 189 Å². The summed E-state index contributed by atoms with van der Waals surface area (Å²) in [5, 5.41) is 24.7. The second-order valence-electron chi connectivity index (χ2n) is 8.70. The monoisotopic (exact) mass is 443 g/mol. The van der Waals surface area contributed by atoms with E-state index in [9.17, 15) is 14.7 Å². The van der Waals surface area contributed by atoms with Crippen LogP contribution in [0.2, 0.25) is 0 Å². The van der Waals surface area contributed by atoms with E-state index in [0.29, 0.717) is 49.3 Å². The Morgan fingerprint density at radius 1 is 1.19 bits per heavy atom. The molecule has 2 saturated heterocycles. The Balaban J connectivity index is 1.39. The number of nitrogens with one attached hydrogen (secondary N) is 2. The molecule has 174 valence electrons. The maximum absolute atomic E-state index is 12.5. The van der Waals surface area contributed by atoms with Crippen LogP contribution in [0.3, 0.4) is 0 Å². The number of aliphatic hydroxyl groups is 1. The summed E-state index contributed by atoms with van der Waals surface area (Å²) < 4.78 is 5.64. The number of aliphatic hydroxyl groups excluding tert-OH is 1. The first-order valence-electron chi connectivity index (χ1n) is 11.3. The number of hydrogen-bond donors (Lipinski definition) is 3. The lowest BCUT2D eigenvalue weighted by molar-refractivity contribution is -0.120. The van der Waals surface area contributed by atoms with Crippen molar-refractivity contribution >= 4 is 11.9 Å². The summed E-state index contributed by atoms with van der Waals surface area (Å²) in [4.78, 5) is 28.2. The normalized spacial score (nSPS) is 21.3. The highest BCUT2D eigenvalue weighted by molar-refractivity contribution is 5.83. The number of fused-ring (bicyclic) bond motifs is 2. The number of nitriles is 1. The topological polar surface area (TPSA) is 118 Å². The molecule has 9 nitrogen and oxygen atoms in total. The molecule has 2 aliphatic rings. The summed E-state index contributed by atoms with van der Waals surface area (Å²) in [5.74, 6) is 1.17. The van der Waals surface area contributed by atoms with Crippen molar-refractivity contribution in [3.05, 3.63) is 29.8 Å². The third kappa shape index (κ3) is 7.11. The van der Waals surface area contributed by atoms with E-state index < -0.39 is 6.10 Å². The quantitative estimate of drug-likeness (QED) is 0.519. The SMILES string of the molecule is CCCNC(=O)CNC(=O)N1CC2CC(CN(CC(O)COc3ccc(C#N)cc3)C2)C1. The lowest BCUT2D eigenvalue weighted by atomic mass is 9.84. The van der Waals surface area contributed by atoms with E-state index in [1.165, 1.54) is 0 Å². The van der Waals surface area contributed by atoms with Gasteiger partial charge in [-0.05, 0) is 48.9 Å². The van der Waals surface area contributed by atoms with Crippen molar-refractivity contribution in [3.63, 3.8) is 0 Å². The molecule has 3 unspecified atom stereocenters. The van der Waals surface area contributed by atoms with Gasteiger partial charge in [0, 0.05) is 39.3 Å². The van der Waals surface area contributed by atoms with Gasteiger partial charge in [-0.15, -0.1) is 0 Å². The summed E-state index contributed by atoms with van der Waals surface area (Å²) in [5.41, 5.74) is 0.570. The van der Waals surface area contributed by atoms with Gasteiger partial charge in [0.05, 0.1) is 18.2 Å². The Kier molecular flexibility index (Phi) is 8.71. The molecule has 0 radical (unpaired) electrons. The standard InChI is InChI=1S/C23H33N5O4/c1-2-7-25-22(30)10-26-23(31)28-13-18-8-19(14-28)12-27(11-18)15-20(29)16-32-21-5-3-17(9-24)4-6-21/h3-6,18-20,29H,2,7-8,10-16H2,1H3,(H,25,30)(H,26,31). The van der Waals surface area contributed by atoms with Gasteiger partial charge in [0.15, 0.2) is 0 Å². The number of hydrogen-bond acceptors (Lipinski definition) is 6. The number of nitrogens with zero attached hydrogens (tertiary/aromatic N) is 3. The molecule has 2 aliphatic heterocycles. The number of ether oxygens (including phenoxy) is 1. The van der Waals surface area contributed by atoms with Crippen molar-refractivity contribution in [2.75, 3.05) is 52.4 Å². The van der Waals surface area contributed by atoms with Crippen molar-refractivity contribution in [1.82, 2.24) is 20.4 Å². The summed E-state index contributed by atoms with van der Waals surface area (Å²) in [6.07, 6.45) is 1.32. The third-order valence-electron chi connectivity index (χ3n) is 5.81. The molecule has 32 heavy (non-hydrogen) atoms. The van der Waals surface area contributed by atoms with Crippen LogP contribution in [0.25, 0.3) is 0 Å². The second-order valence-corrected chi connectivity index (χ2v) is 8.70. The van der Waals surface area contributed by atoms with Gasteiger partial charge >= 0.3 is 6.03 Å². The molecule has 2 fully saturated rings. The molecule has 3 N–H and O–H groups in total.